The van der Waals surface area contributed by atoms with Gasteiger partial charge >= 0.3 is 0 Å². The van der Waals surface area contributed by atoms with Crippen molar-refractivity contribution in [2.24, 2.45) is 0 Å². The highest BCUT2D eigenvalue weighted by molar-refractivity contribution is 7.80. The number of benzene rings is 2. The largest absolute Gasteiger partial charge is 0.343 e. The second kappa shape index (κ2) is 5.54. The first kappa shape index (κ1) is 12.4. The van der Waals surface area contributed by atoms with Crippen LogP contribution in [0.1, 0.15) is 11.1 Å². The molecule has 0 N–H and O–H groups in total. The lowest BCUT2D eigenvalue weighted by atomic mass is 10.1. The van der Waals surface area contributed by atoms with Crippen molar-refractivity contribution in [1.82, 2.24) is 4.57 Å². The van der Waals surface area contributed by atoms with Crippen LogP contribution in [-0.4, -0.2) is 10.3 Å². The normalized spacial score (nSPS) is 11.0. The Labute approximate surface area is 119 Å². The minimum absolute atomic E-state index is 0.899. The predicted molar refractivity (Wildman–Crippen MR) is 85.0 cm³/mol. The third kappa shape index (κ3) is 2.69. The van der Waals surface area contributed by atoms with Crippen LogP contribution in [0.4, 0.5) is 0 Å². The SMILES string of the molecule is SCCc1ccc2c(ccn2Cc2ccccc2)c1. The van der Waals surface area contributed by atoms with Crippen LogP contribution in [0.3, 0.4) is 0 Å². The number of aromatic nitrogens is 1. The monoisotopic (exact) mass is 267 g/mol. The van der Waals surface area contributed by atoms with E-state index in [1.807, 2.05) is 0 Å². The standard InChI is InChI=1S/C17H17NS/c19-11-9-14-6-7-17-16(12-14)8-10-18(17)13-15-4-2-1-3-5-15/h1-8,10,12,19H,9,11,13H2. The quantitative estimate of drug-likeness (QED) is 0.677. The Morgan fingerprint density at radius 3 is 2.53 bits per heavy atom. The molecule has 96 valence electrons. The third-order valence-corrected chi connectivity index (χ3v) is 3.66. The molecule has 0 aliphatic heterocycles. The molecule has 0 aliphatic rings. The number of aryl methyl sites for hydroxylation is 1. The molecule has 2 aromatic carbocycles. The van der Waals surface area contributed by atoms with E-state index >= 15 is 0 Å². The topological polar surface area (TPSA) is 4.93 Å². The van der Waals surface area contributed by atoms with Gasteiger partial charge in [-0.05, 0) is 46.9 Å². The van der Waals surface area contributed by atoms with Crippen LogP contribution < -0.4 is 0 Å². The van der Waals surface area contributed by atoms with Gasteiger partial charge in [0.25, 0.3) is 0 Å². The molecule has 0 aliphatic carbocycles. The second-order valence-corrected chi connectivity index (χ2v) is 5.24. The minimum atomic E-state index is 0.899. The van der Waals surface area contributed by atoms with Crippen LogP contribution in [0.5, 0.6) is 0 Å². The van der Waals surface area contributed by atoms with Gasteiger partial charge in [-0.3, -0.25) is 0 Å². The summed E-state index contributed by atoms with van der Waals surface area (Å²) in [5, 5.41) is 1.32. The number of nitrogens with zero attached hydrogens (tertiary/aromatic N) is 1. The number of thiol groups is 1. The summed E-state index contributed by atoms with van der Waals surface area (Å²) in [5.74, 6) is 0.899. The van der Waals surface area contributed by atoms with Crippen molar-refractivity contribution in [2.75, 3.05) is 5.75 Å². The fourth-order valence-corrected chi connectivity index (χ4v) is 2.71. The highest BCUT2D eigenvalue weighted by Crippen LogP contribution is 2.19. The molecule has 0 amide bonds. The molecular weight excluding hydrogens is 250 g/mol. The van der Waals surface area contributed by atoms with E-state index in [0.717, 1.165) is 18.7 Å². The Bertz CT molecular complexity index is 670. The lowest BCUT2D eigenvalue weighted by Crippen LogP contribution is -1.97. The van der Waals surface area contributed by atoms with Gasteiger partial charge < -0.3 is 4.57 Å². The van der Waals surface area contributed by atoms with Crippen molar-refractivity contribution < 1.29 is 0 Å². The maximum Gasteiger partial charge on any atom is 0.0483 e. The van der Waals surface area contributed by atoms with E-state index in [2.05, 4.69) is 78.0 Å². The summed E-state index contributed by atoms with van der Waals surface area (Å²) in [6, 6.07) is 19.5. The Hall–Kier alpha value is -1.67. The zero-order valence-corrected chi connectivity index (χ0v) is 11.7. The van der Waals surface area contributed by atoms with Gasteiger partial charge in [0.15, 0.2) is 0 Å². The van der Waals surface area contributed by atoms with E-state index in [4.69, 9.17) is 0 Å². The van der Waals surface area contributed by atoms with Crippen molar-refractivity contribution >= 4 is 23.5 Å². The van der Waals surface area contributed by atoms with Crippen LogP contribution in [0, 0.1) is 0 Å². The first-order chi connectivity index (χ1) is 9.36. The smallest absolute Gasteiger partial charge is 0.0483 e. The zero-order valence-electron chi connectivity index (χ0n) is 10.8. The molecule has 3 rings (SSSR count). The summed E-state index contributed by atoms with van der Waals surface area (Å²) in [4.78, 5) is 0. The van der Waals surface area contributed by atoms with Gasteiger partial charge in [0, 0.05) is 18.3 Å². The molecule has 0 fully saturated rings. The van der Waals surface area contributed by atoms with Gasteiger partial charge in [0.2, 0.25) is 0 Å². The summed E-state index contributed by atoms with van der Waals surface area (Å²) in [6.07, 6.45) is 3.20. The number of rotatable bonds is 4. The molecule has 0 saturated carbocycles. The van der Waals surface area contributed by atoms with Crippen LogP contribution >= 0.6 is 12.6 Å². The highest BCUT2D eigenvalue weighted by atomic mass is 32.1. The van der Waals surface area contributed by atoms with Crippen LogP contribution in [0.15, 0.2) is 60.8 Å². The van der Waals surface area contributed by atoms with Crippen molar-refractivity contribution in [2.45, 2.75) is 13.0 Å². The van der Waals surface area contributed by atoms with Crippen LogP contribution in [0.25, 0.3) is 10.9 Å². The number of hydrogen-bond donors (Lipinski definition) is 1. The average molecular weight is 267 g/mol. The van der Waals surface area contributed by atoms with Gasteiger partial charge in [0.1, 0.15) is 0 Å². The van der Waals surface area contributed by atoms with Gasteiger partial charge in [-0.1, -0.05) is 36.4 Å². The summed E-state index contributed by atoms with van der Waals surface area (Å²) in [7, 11) is 0. The fraction of sp³-hybridized carbons (Fsp3) is 0.176. The highest BCUT2D eigenvalue weighted by Gasteiger charge is 2.02. The second-order valence-electron chi connectivity index (χ2n) is 4.80. The number of hydrogen-bond acceptors (Lipinski definition) is 1. The van der Waals surface area contributed by atoms with Crippen molar-refractivity contribution in [3.63, 3.8) is 0 Å². The summed E-state index contributed by atoms with van der Waals surface area (Å²) < 4.78 is 2.30. The average Bonchev–Trinajstić information content (AvgIpc) is 2.83. The van der Waals surface area contributed by atoms with E-state index in [-0.39, 0.29) is 0 Å². The molecule has 0 unspecified atom stereocenters. The Morgan fingerprint density at radius 1 is 0.895 bits per heavy atom. The number of fused-ring (bicyclic) bond motifs is 1. The zero-order chi connectivity index (χ0) is 13.1. The molecule has 0 atom stereocenters. The summed E-state index contributed by atoms with van der Waals surface area (Å²) in [5.41, 5.74) is 3.99. The predicted octanol–water partition coefficient (Wildman–Crippen LogP) is 4.16. The molecule has 3 aromatic rings. The van der Waals surface area contributed by atoms with Gasteiger partial charge in [-0.2, -0.15) is 12.6 Å². The van der Waals surface area contributed by atoms with Gasteiger partial charge in [0.05, 0.1) is 0 Å². The van der Waals surface area contributed by atoms with Crippen molar-refractivity contribution in [3.05, 3.63) is 71.9 Å². The maximum atomic E-state index is 4.29. The first-order valence-corrected chi connectivity index (χ1v) is 7.22. The maximum absolute atomic E-state index is 4.29. The molecule has 0 spiro atoms. The molecule has 2 heteroatoms. The third-order valence-electron chi connectivity index (χ3n) is 3.43. The van der Waals surface area contributed by atoms with E-state index in [0.29, 0.717) is 0 Å². The van der Waals surface area contributed by atoms with Crippen molar-refractivity contribution in [1.29, 1.82) is 0 Å². The van der Waals surface area contributed by atoms with Gasteiger partial charge in [-0.15, -0.1) is 0 Å². The van der Waals surface area contributed by atoms with Gasteiger partial charge in [-0.25, -0.2) is 0 Å². The van der Waals surface area contributed by atoms with E-state index in [1.54, 1.807) is 0 Å². The first-order valence-electron chi connectivity index (χ1n) is 6.59. The van der Waals surface area contributed by atoms with Crippen molar-refractivity contribution in [3.8, 4) is 0 Å². The molecule has 1 nitrogen and oxygen atoms in total. The fourth-order valence-electron chi connectivity index (χ4n) is 2.45. The van der Waals surface area contributed by atoms with Crippen LogP contribution in [0.2, 0.25) is 0 Å². The Balaban J connectivity index is 1.93. The molecule has 0 radical (unpaired) electrons. The Morgan fingerprint density at radius 2 is 1.74 bits per heavy atom. The summed E-state index contributed by atoms with van der Waals surface area (Å²) in [6.45, 7) is 0.927. The van der Waals surface area contributed by atoms with E-state index in [9.17, 15) is 0 Å². The molecule has 1 aromatic heterocycles. The van der Waals surface area contributed by atoms with E-state index < -0.39 is 0 Å². The Kier molecular flexibility index (Phi) is 3.60. The molecular formula is C17H17NS. The molecule has 0 bridgehead atoms. The van der Waals surface area contributed by atoms with Crippen LogP contribution in [-0.2, 0) is 13.0 Å². The lowest BCUT2D eigenvalue weighted by molar-refractivity contribution is 0.837. The van der Waals surface area contributed by atoms with E-state index in [1.165, 1.54) is 22.0 Å². The summed E-state index contributed by atoms with van der Waals surface area (Å²) >= 11 is 4.29. The lowest BCUT2D eigenvalue weighted by Gasteiger charge is -2.06. The molecule has 1 heterocycles. The molecule has 19 heavy (non-hydrogen) atoms. The minimum Gasteiger partial charge on any atom is -0.343 e. The molecule has 0 saturated heterocycles.